The Kier molecular flexibility index (Phi) is 24.9. The number of hydrogen-bond donors (Lipinski definition) is 2. The molecule has 17 nitrogen and oxygen atoms in total. The molecule has 492 valence electrons. The third-order valence-electron chi connectivity index (χ3n) is 21.8. The molecular formula is C69H106N4O13S2. The molecule has 1 aromatic heterocycles. The van der Waals surface area contributed by atoms with E-state index in [1.165, 1.54) is 15.6 Å². The van der Waals surface area contributed by atoms with Gasteiger partial charge in [-0.2, -0.15) is 4.31 Å². The van der Waals surface area contributed by atoms with E-state index < -0.39 is 51.7 Å². The monoisotopic (exact) mass is 1260 g/mol. The molecule has 11 atom stereocenters. The van der Waals surface area contributed by atoms with E-state index in [1.807, 2.05) is 20.8 Å². The Balaban J connectivity index is 0.000000262. The zero-order chi connectivity index (χ0) is 64.5. The number of thiophene rings is 1. The number of piperidine rings is 2. The number of Topliss-reactive ketones (excluding diaryl/α,β-unsaturated/α-hetero) is 7. The summed E-state index contributed by atoms with van der Waals surface area (Å²) in [5.74, 6) is -2.62. The molecule has 8 aliphatic rings. The smallest absolute Gasteiger partial charge is 0.290 e. The van der Waals surface area contributed by atoms with Crippen LogP contribution in [0.3, 0.4) is 0 Å². The van der Waals surface area contributed by atoms with Gasteiger partial charge in [-0.3, -0.25) is 47.9 Å². The minimum atomic E-state index is -3.69. The first-order valence-electron chi connectivity index (χ1n) is 33.7. The highest BCUT2D eigenvalue weighted by atomic mass is 32.2. The van der Waals surface area contributed by atoms with Crippen LogP contribution in [0.1, 0.15) is 228 Å². The topological polar surface area (TPSA) is 261 Å². The van der Waals surface area contributed by atoms with Crippen LogP contribution in [0.5, 0.6) is 0 Å². The summed E-state index contributed by atoms with van der Waals surface area (Å²) in [6.07, 6.45) is 21.1. The second-order valence-corrected chi connectivity index (χ2v) is 33.3. The quantitative estimate of drug-likeness (QED) is 0.115. The van der Waals surface area contributed by atoms with Crippen molar-refractivity contribution in [3.63, 3.8) is 0 Å². The lowest BCUT2D eigenvalue weighted by Gasteiger charge is -2.35. The number of hydrogen-bond acceptors (Lipinski definition) is 14. The predicted octanol–water partition coefficient (Wildman–Crippen LogP) is 11.1. The molecule has 5 heterocycles. The molecule has 4 saturated carbocycles. The van der Waals surface area contributed by atoms with Crippen molar-refractivity contribution in [1.29, 1.82) is 0 Å². The molecule has 19 heteroatoms. The van der Waals surface area contributed by atoms with E-state index in [0.29, 0.717) is 62.9 Å². The van der Waals surface area contributed by atoms with Gasteiger partial charge in [-0.25, -0.2) is 8.42 Å². The number of fused-ring (bicyclic) bond motifs is 6. The summed E-state index contributed by atoms with van der Waals surface area (Å²) >= 11 is 1.17. The molecule has 0 unspecified atom stereocenters. The van der Waals surface area contributed by atoms with Gasteiger partial charge in [0.05, 0.1) is 18.1 Å². The van der Waals surface area contributed by atoms with Gasteiger partial charge in [0.2, 0.25) is 23.4 Å². The van der Waals surface area contributed by atoms with Crippen LogP contribution >= 0.6 is 11.3 Å². The maximum absolute atomic E-state index is 14.6. The van der Waals surface area contributed by atoms with Crippen molar-refractivity contribution in [1.82, 2.24) is 14.1 Å². The van der Waals surface area contributed by atoms with Gasteiger partial charge in [0.25, 0.3) is 16.5 Å². The van der Waals surface area contributed by atoms with Gasteiger partial charge in [-0.1, -0.05) is 144 Å². The van der Waals surface area contributed by atoms with Crippen LogP contribution in [0.15, 0.2) is 21.7 Å². The van der Waals surface area contributed by atoms with E-state index in [-0.39, 0.29) is 136 Å². The number of ketones is 7. The van der Waals surface area contributed by atoms with Crippen LogP contribution in [0.25, 0.3) is 0 Å². The molecule has 1 aromatic rings. The lowest BCUT2D eigenvalue weighted by Crippen LogP contribution is -2.52. The van der Waals surface area contributed by atoms with E-state index in [9.17, 15) is 51.6 Å². The van der Waals surface area contributed by atoms with Crippen molar-refractivity contribution < 1.29 is 61.5 Å². The fourth-order valence-corrected chi connectivity index (χ4v) is 17.8. The van der Waals surface area contributed by atoms with Crippen molar-refractivity contribution in [3.8, 4) is 0 Å². The molecule has 0 bridgehead atoms. The number of rotatable bonds is 16. The molecular weight excluding hydrogens is 1160 g/mol. The number of nitrogens with two attached hydrogens (primary N) is 1. The molecule has 0 spiro atoms. The Morgan fingerprint density at radius 2 is 1.07 bits per heavy atom. The van der Waals surface area contributed by atoms with Crippen molar-refractivity contribution in [2.24, 2.45) is 81.2 Å². The first-order chi connectivity index (χ1) is 41.6. The minimum Gasteiger partial charge on any atom is -0.483 e. The fourth-order valence-electron chi connectivity index (χ4n) is 15.4. The highest BCUT2D eigenvalue weighted by Gasteiger charge is 2.70. The Labute approximate surface area is 529 Å². The lowest BCUT2D eigenvalue weighted by atomic mass is 9.76. The minimum absolute atomic E-state index is 0.00297. The van der Waals surface area contributed by atoms with Crippen LogP contribution in [-0.2, 0) is 58.0 Å². The van der Waals surface area contributed by atoms with E-state index in [2.05, 4.69) is 27.7 Å². The Morgan fingerprint density at radius 3 is 1.48 bits per heavy atom. The lowest BCUT2D eigenvalue weighted by molar-refractivity contribution is -0.145. The van der Waals surface area contributed by atoms with E-state index >= 15 is 0 Å². The maximum atomic E-state index is 14.6. The second-order valence-electron chi connectivity index (χ2n) is 30.1. The zero-order valence-corrected chi connectivity index (χ0v) is 55.9. The third kappa shape index (κ3) is 18.2. The first kappa shape index (κ1) is 71.1. The summed E-state index contributed by atoms with van der Waals surface area (Å²) in [4.78, 5) is 134. The van der Waals surface area contributed by atoms with E-state index in [4.69, 9.17) is 15.6 Å². The summed E-state index contributed by atoms with van der Waals surface area (Å²) in [6, 6.07) is 1.59. The van der Waals surface area contributed by atoms with Gasteiger partial charge in [-0.15, -0.1) is 11.3 Å². The summed E-state index contributed by atoms with van der Waals surface area (Å²) in [7, 11) is -2.13. The highest BCUT2D eigenvalue weighted by molar-refractivity contribution is 7.91. The Hall–Kier alpha value is -4.33. The molecule has 4 saturated heterocycles. The molecule has 2 amide bonds. The summed E-state index contributed by atoms with van der Waals surface area (Å²) in [6.45, 7) is 15.6. The molecule has 3 N–H and O–H groups in total. The molecule has 8 fully saturated rings. The van der Waals surface area contributed by atoms with Crippen LogP contribution in [0.2, 0.25) is 0 Å². The number of carbonyl (C=O) groups is 10. The highest BCUT2D eigenvalue weighted by Crippen LogP contribution is 2.66. The average molecular weight is 1260 g/mol. The third-order valence-corrected chi connectivity index (χ3v) is 25.0. The van der Waals surface area contributed by atoms with Gasteiger partial charge in [0, 0.05) is 83.0 Å². The average Bonchev–Trinajstić information content (AvgIpc) is 2.10. The molecule has 0 aromatic carbocycles. The normalized spacial score (nSPS) is 30.2. The van der Waals surface area contributed by atoms with E-state index in [0.717, 1.165) is 116 Å². The fraction of sp³-hybridized carbons (Fsp3) is 0.797. The second kappa shape index (κ2) is 30.9. The molecule has 88 heavy (non-hydrogen) atoms. The summed E-state index contributed by atoms with van der Waals surface area (Å²) in [5, 5.41) is 8.62. The maximum Gasteiger partial charge on any atom is 0.290 e. The number of sulfonamides is 1. The SMILES string of the molecule is CC1(C)[C@@H]2[C@H]3C(=O)C[C@H](C(=O)C(=O)CC4CC4)CCCCCCCCC[C@H](N)C(=O)N3C[C@@H]21.CN(C[C@@H](CC(=O)C[C@H]1CCCCCCCCC[C@@H](C(=O)C(=O)CC2CC2)CC(=O)[C@@H]2[C@@H]3[C@H](CN2C1=O)C3(C)C)C(C)(C)C)S(=O)(=O)c1cccs1.O=CO. The van der Waals surface area contributed by atoms with Crippen LogP contribution in [0, 0.1) is 75.4 Å². The van der Waals surface area contributed by atoms with Crippen LogP contribution in [0.4, 0.5) is 0 Å². The van der Waals surface area contributed by atoms with Gasteiger partial charge in [-0.05, 0) is 120 Å². The van der Waals surface area contributed by atoms with E-state index in [1.54, 1.807) is 34.4 Å². The first-order valence-corrected chi connectivity index (χ1v) is 36.0. The molecule has 0 radical (unpaired) electrons. The number of carbonyl (C=O) groups excluding carboxylic acids is 9. The van der Waals surface area contributed by atoms with Crippen molar-refractivity contribution in [2.45, 2.75) is 251 Å². The number of carboxylic acid groups (broad SMARTS) is 1. The summed E-state index contributed by atoms with van der Waals surface area (Å²) in [5.41, 5.74) is 5.85. The van der Waals surface area contributed by atoms with Crippen molar-refractivity contribution in [2.75, 3.05) is 26.7 Å². The van der Waals surface area contributed by atoms with Gasteiger partial charge >= 0.3 is 0 Å². The zero-order valence-electron chi connectivity index (χ0n) is 54.3. The standard InChI is InChI=1S/C41H62N2O7S2.C27H42N2O4.CH2O2/c1-40(2,3)30(25-42(6)52(49,50)35-17-14-20-51-35)24-31(44)22-29-16-13-11-9-7-8-10-12-15-28(38(47)34(46)21-27-18-19-27)23-33(45)37-36-32(41(36,4)5)26-43(37)39(29)48;1-27(2)19-16-29-24(23(19)27)21(30)15-18(25(32)22(31)14-17-12-13-17)10-8-6-4-3-5-7-9-11-20(28)26(29)33;2-1-3/h14,17,20,27-30,32,36-37H,7-13,15-16,18-19,21-26H2,1-6H3;17-20,23-24H,3-16,28H2,1-2H3;1H,(H,2,3)/t28-,29-,30-,32+,36+,37-;18-,19+,20+,23+,24-;/m11./s1. The van der Waals surface area contributed by atoms with Crippen LogP contribution < -0.4 is 5.73 Å². The molecule has 4 aliphatic carbocycles. The molecule has 4 aliphatic heterocycles. The Bertz CT molecular complexity index is 2760. The Morgan fingerprint density at radius 1 is 0.659 bits per heavy atom. The predicted molar refractivity (Wildman–Crippen MR) is 338 cm³/mol. The van der Waals surface area contributed by atoms with Gasteiger partial charge in [0.15, 0.2) is 23.1 Å². The van der Waals surface area contributed by atoms with Gasteiger partial charge in [0.1, 0.15) is 9.99 Å². The van der Waals surface area contributed by atoms with Crippen molar-refractivity contribution >= 4 is 80.1 Å². The van der Waals surface area contributed by atoms with Crippen LogP contribution in [-0.4, -0.2) is 131 Å². The number of nitrogens with zero attached hydrogens (tertiary/aromatic N) is 3. The van der Waals surface area contributed by atoms with Crippen molar-refractivity contribution in [3.05, 3.63) is 17.5 Å². The largest absolute Gasteiger partial charge is 0.483 e. The number of amides is 2. The van der Waals surface area contributed by atoms with Gasteiger partial charge < -0.3 is 20.6 Å². The summed E-state index contributed by atoms with van der Waals surface area (Å²) < 4.78 is 28.1. The molecule has 9 rings (SSSR count).